The van der Waals surface area contributed by atoms with Gasteiger partial charge in [0.2, 0.25) is 53.2 Å². The number of rotatable bonds is 36. The van der Waals surface area contributed by atoms with Crippen molar-refractivity contribution in [2.24, 2.45) is 62.1 Å². The Morgan fingerprint density at radius 1 is 0.507 bits per heavy atom. The maximum Gasteiger partial charge on any atom is 0.469 e. The normalized spacial score (nSPS) is 15.0. The minimum absolute atomic E-state index is 0.00538. The zero-order valence-electron chi connectivity index (χ0n) is 43.8. The molecule has 0 rings (SSSR count). The van der Waals surface area contributed by atoms with Crippen LogP contribution in [-0.2, 0) is 57.0 Å². The molecule has 9 amide bonds. The second kappa shape index (κ2) is 34.0. The molecule has 0 saturated carbocycles. The van der Waals surface area contributed by atoms with E-state index in [1.54, 1.807) is 13.8 Å². The van der Waals surface area contributed by atoms with Crippen LogP contribution in [0, 0.1) is 17.8 Å². The summed E-state index contributed by atoms with van der Waals surface area (Å²) in [6, 6.07) is -12.9. The second-order valence-corrected chi connectivity index (χ2v) is 20.1. The van der Waals surface area contributed by atoms with Crippen LogP contribution in [0.4, 0.5) is 0 Å². The lowest BCUT2D eigenvalue weighted by molar-refractivity contribution is -0.143. The third-order valence-electron chi connectivity index (χ3n) is 10.6. The smallest absolute Gasteiger partial charge is 0.469 e. The number of carboxylic acids is 1. The zero-order chi connectivity index (χ0) is 57.9. The van der Waals surface area contributed by atoms with E-state index in [-0.39, 0.29) is 88.2 Å². The molecule has 0 radical (unpaired) electrons. The van der Waals surface area contributed by atoms with Gasteiger partial charge in [-0.2, -0.15) is 0 Å². The molecular weight excluding hydrogens is 1010 g/mol. The van der Waals surface area contributed by atoms with Gasteiger partial charge >= 0.3 is 13.8 Å². The molecule has 0 aliphatic carbocycles. The SMILES string of the molecule is CC(C)C[C@H](NC(=O)[C@H](CCC(N)=O)NC(=O)[C@H](C)NC(=O)[C@@H](NC(=O)[C@H](COP(=O)(O)O)NC(=O)[C@H](C)NC(=O)[C@H](CCCN=C(N)N)NC(=O)[C@H](CCCN=C(N)N)NC(=O)[C@@H](N)CC(C)C)C(C)C)C(=O)O. The van der Waals surface area contributed by atoms with E-state index < -0.39 is 134 Å². The molecule has 23 N–H and O–H groups in total. The van der Waals surface area contributed by atoms with E-state index in [1.165, 1.54) is 27.7 Å². The molecule has 31 nitrogen and oxygen atoms in total. The van der Waals surface area contributed by atoms with Crippen LogP contribution in [0.2, 0.25) is 0 Å². The van der Waals surface area contributed by atoms with Crippen LogP contribution in [0.5, 0.6) is 0 Å². The molecule has 9 atom stereocenters. The van der Waals surface area contributed by atoms with Crippen molar-refractivity contribution in [3.63, 3.8) is 0 Å². The zero-order valence-corrected chi connectivity index (χ0v) is 44.6. The summed E-state index contributed by atoms with van der Waals surface area (Å²) in [6.45, 7) is 11.4. The lowest BCUT2D eigenvalue weighted by Crippen LogP contribution is -2.61. The standard InChI is InChI=1S/C43H81N16O15P/c1-20(2)17-25(44)35(63)55-27(12-10-16-51-43(48)49)37(65)56-26(11-9-15-50-42(46)47)36(64)52-23(7)34(62)58-30(19-74-75(71,72)73)39(67)59-32(22(5)6)40(68)53-24(8)33(61)54-28(13-14-31(45)60)38(66)57-29(41(69)70)18-21(3)4/h20-30,32H,9-19,44H2,1-8H3,(H2,45,60)(H,52,64)(H,53,68)(H,54,61)(H,55,63)(H,56,65)(H,57,66)(H,58,62)(H,59,67)(H,69,70)(H4,46,47,50)(H4,48,49,51)(H2,71,72,73)/t23-,24-,25-,26-,27-,28-,29-,30-,32-/m0/s1. The van der Waals surface area contributed by atoms with Crippen LogP contribution in [0.15, 0.2) is 9.98 Å². The van der Waals surface area contributed by atoms with Gasteiger partial charge in [-0.05, 0) is 76.5 Å². The Kier molecular flexibility index (Phi) is 31.0. The maximum absolute atomic E-state index is 13.8. The number of nitrogens with zero attached hydrogens (tertiary/aromatic N) is 2. The van der Waals surface area contributed by atoms with Gasteiger partial charge in [0.15, 0.2) is 11.9 Å². The van der Waals surface area contributed by atoms with Crippen LogP contribution >= 0.6 is 7.82 Å². The fourth-order valence-corrected chi connectivity index (χ4v) is 7.06. The van der Waals surface area contributed by atoms with Gasteiger partial charge in [0.05, 0.1) is 12.6 Å². The Morgan fingerprint density at radius 2 is 0.893 bits per heavy atom. The van der Waals surface area contributed by atoms with E-state index in [9.17, 15) is 67.4 Å². The van der Waals surface area contributed by atoms with Crippen LogP contribution in [0.3, 0.4) is 0 Å². The molecular formula is C43H81N16O15P. The third-order valence-corrected chi connectivity index (χ3v) is 11.1. The predicted molar refractivity (Wildman–Crippen MR) is 272 cm³/mol. The van der Waals surface area contributed by atoms with Gasteiger partial charge in [0, 0.05) is 19.5 Å². The van der Waals surface area contributed by atoms with Gasteiger partial charge in [-0.25, -0.2) is 9.36 Å². The Labute approximate surface area is 435 Å². The number of nitrogens with one attached hydrogen (secondary N) is 8. The van der Waals surface area contributed by atoms with Crippen LogP contribution in [-0.4, -0.2) is 160 Å². The van der Waals surface area contributed by atoms with Crippen molar-refractivity contribution in [1.82, 2.24) is 42.5 Å². The van der Waals surface area contributed by atoms with Crippen molar-refractivity contribution in [2.45, 2.75) is 161 Å². The molecule has 0 aliphatic rings. The van der Waals surface area contributed by atoms with E-state index in [1.807, 2.05) is 13.8 Å². The summed E-state index contributed by atoms with van der Waals surface area (Å²) in [6.07, 6.45) is -0.221. The van der Waals surface area contributed by atoms with E-state index in [4.69, 9.17) is 34.4 Å². The first-order valence-corrected chi connectivity index (χ1v) is 25.7. The number of nitrogens with two attached hydrogens (primary N) is 6. The number of primary amides is 1. The molecule has 0 bridgehead atoms. The van der Waals surface area contributed by atoms with Crippen molar-refractivity contribution in [3.8, 4) is 0 Å². The van der Waals surface area contributed by atoms with Crippen LogP contribution in [0.1, 0.15) is 107 Å². The van der Waals surface area contributed by atoms with Crippen LogP contribution < -0.4 is 76.9 Å². The molecule has 0 fully saturated rings. The van der Waals surface area contributed by atoms with Crippen molar-refractivity contribution < 1.29 is 71.9 Å². The monoisotopic (exact) mass is 1090 g/mol. The maximum atomic E-state index is 13.8. The van der Waals surface area contributed by atoms with Crippen molar-refractivity contribution in [3.05, 3.63) is 0 Å². The minimum Gasteiger partial charge on any atom is -0.480 e. The van der Waals surface area contributed by atoms with E-state index in [2.05, 4.69) is 57.0 Å². The number of carbonyl (C=O) groups is 10. The summed E-state index contributed by atoms with van der Waals surface area (Å²) in [7, 11) is -5.31. The highest BCUT2D eigenvalue weighted by Crippen LogP contribution is 2.35. The molecule has 0 aromatic rings. The van der Waals surface area contributed by atoms with Crippen molar-refractivity contribution >= 4 is 78.9 Å². The Hall–Kier alpha value is -6.69. The molecule has 0 aliphatic heterocycles. The van der Waals surface area contributed by atoms with Gasteiger partial charge < -0.3 is 91.8 Å². The highest BCUT2D eigenvalue weighted by atomic mass is 31.2. The van der Waals surface area contributed by atoms with E-state index >= 15 is 0 Å². The van der Waals surface area contributed by atoms with Gasteiger partial charge in [0.1, 0.15) is 48.3 Å². The first kappa shape index (κ1) is 68.3. The lowest BCUT2D eigenvalue weighted by Gasteiger charge is -2.28. The molecule has 0 saturated heterocycles. The Bertz CT molecular complexity index is 2060. The molecule has 428 valence electrons. The quantitative estimate of drug-likeness (QED) is 0.0120. The van der Waals surface area contributed by atoms with Gasteiger partial charge in [-0.15, -0.1) is 0 Å². The highest BCUT2D eigenvalue weighted by molar-refractivity contribution is 7.46. The summed E-state index contributed by atoms with van der Waals surface area (Å²) >= 11 is 0. The average Bonchev–Trinajstić information content (AvgIpc) is 3.28. The first-order valence-electron chi connectivity index (χ1n) is 24.2. The van der Waals surface area contributed by atoms with Crippen molar-refractivity contribution in [1.29, 1.82) is 0 Å². The summed E-state index contributed by atoms with van der Waals surface area (Å²) in [5.41, 5.74) is 33.0. The number of hydrogen-bond acceptors (Lipinski definition) is 15. The number of hydrogen-bond donors (Lipinski definition) is 17. The highest BCUT2D eigenvalue weighted by Gasteiger charge is 2.35. The molecule has 0 aromatic heterocycles. The van der Waals surface area contributed by atoms with Gasteiger partial charge in [0.25, 0.3) is 0 Å². The summed E-state index contributed by atoms with van der Waals surface area (Å²) in [4.78, 5) is 158. The molecule has 0 unspecified atom stereocenters. The predicted octanol–water partition coefficient (Wildman–Crippen LogP) is -5.45. The number of carbonyl (C=O) groups excluding carboxylic acids is 9. The van der Waals surface area contributed by atoms with Gasteiger partial charge in [-0.1, -0.05) is 41.5 Å². The third kappa shape index (κ3) is 29.7. The average molecular weight is 1090 g/mol. The Morgan fingerprint density at radius 3 is 1.31 bits per heavy atom. The molecule has 75 heavy (non-hydrogen) atoms. The molecule has 0 heterocycles. The number of guanidine groups is 2. The largest absolute Gasteiger partial charge is 0.480 e. The topological polar surface area (TPSA) is 535 Å². The molecule has 32 heteroatoms. The summed E-state index contributed by atoms with van der Waals surface area (Å²) < 4.78 is 16.3. The number of amides is 9. The Balaban J connectivity index is 6.47. The molecule has 0 spiro atoms. The summed E-state index contributed by atoms with van der Waals surface area (Å²) in [5.74, 6) is -11.2. The summed E-state index contributed by atoms with van der Waals surface area (Å²) in [5, 5.41) is 28.7. The number of phosphoric ester groups is 1. The first-order chi connectivity index (χ1) is 34.6. The van der Waals surface area contributed by atoms with Gasteiger partial charge in [-0.3, -0.25) is 57.7 Å². The number of aliphatic carboxylic acids is 1. The fourth-order valence-electron chi connectivity index (χ4n) is 6.72. The van der Waals surface area contributed by atoms with Crippen LogP contribution in [0.25, 0.3) is 0 Å². The molecule has 0 aromatic carbocycles. The second-order valence-electron chi connectivity index (χ2n) is 18.9. The fraction of sp³-hybridized carbons (Fsp3) is 0.721. The number of phosphoric acid groups is 1. The van der Waals surface area contributed by atoms with E-state index in [0.717, 1.165) is 0 Å². The van der Waals surface area contributed by atoms with Crippen molar-refractivity contribution in [2.75, 3.05) is 19.7 Å². The van der Waals surface area contributed by atoms with E-state index in [0.29, 0.717) is 0 Å². The number of carboxylic acid groups (broad SMARTS) is 1. The number of aliphatic imine (C=N–C) groups is 2. The minimum atomic E-state index is -5.31. The lowest BCUT2D eigenvalue weighted by atomic mass is 10.0.